The van der Waals surface area contributed by atoms with Crippen LogP contribution < -0.4 is 25.0 Å². The van der Waals surface area contributed by atoms with Crippen molar-refractivity contribution in [3.63, 3.8) is 0 Å². The Labute approximate surface area is 241 Å². The van der Waals surface area contributed by atoms with Crippen LogP contribution in [0, 0.1) is 0 Å². The minimum Gasteiger partial charge on any atom is -0.378 e. The second-order valence-corrected chi connectivity index (χ2v) is 11.0. The first-order chi connectivity index (χ1) is 19.0. The molecule has 0 aliphatic carbocycles. The molecule has 1 atom stereocenters. The van der Waals surface area contributed by atoms with Crippen LogP contribution in [0.2, 0.25) is 5.02 Å². The summed E-state index contributed by atoms with van der Waals surface area (Å²) in [6.45, 7) is 3.17. The van der Waals surface area contributed by atoms with Crippen LogP contribution >= 0.6 is 35.2 Å². The number of nitrogens with zero attached hydrogens (tertiary/aromatic N) is 3. The molecule has 7 nitrogen and oxygen atoms in total. The van der Waals surface area contributed by atoms with E-state index in [1.807, 2.05) is 57.9 Å². The Morgan fingerprint density at radius 1 is 1.08 bits per heavy atom. The first-order valence-electron chi connectivity index (χ1n) is 12.6. The number of carbonyl (C=O) groups is 1. The summed E-state index contributed by atoms with van der Waals surface area (Å²) in [5.41, 5.74) is 4.58. The van der Waals surface area contributed by atoms with Gasteiger partial charge in [0.15, 0.2) is 17.4 Å². The number of fused-ring (bicyclic) bond motifs is 2. The van der Waals surface area contributed by atoms with Gasteiger partial charge in [-0.25, -0.2) is 0 Å². The molecule has 3 aromatic carbocycles. The number of benzene rings is 3. The third kappa shape index (κ3) is 5.10. The number of thiocarbonyl (C=S) groups is 1. The van der Waals surface area contributed by atoms with Crippen molar-refractivity contribution in [3.05, 3.63) is 76.4 Å². The number of amides is 1. The van der Waals surface area contributed by atoms with Gasteiger partial charge in [-0.3, -0.25) is 4.79 Å². The highest BCUT2D eigenvalue weighted by Crippen LogP contribution is 2.36. The molecular formula is C29H27ClN5O2S2+. The average molecular weight is 577 g/mol. The molecule has 10 heteroatoms. The lowest BCUT2D eigenvalue weighted by atomic mass is 10.1. The van der Waals surface area contributed by atoms with Crippen LogP contribution in [-0.2, 0) is 9.53 Å². The van der Waals surface area contributed by atoms with Crippen LogP contribution in [-0.4, -0.2) is 56.6 Å². The molecule has 1 aromatic heterocycles. The summed E-state index contributed by atoms with van der Waals surface area (Å²) < 4.78 is 7.53. The number of hydrogen-bond donors (Lipinski definition) is 2. The summed E-state index contributed by atoms with van der Waals surface area (Å²) >= 11 is 13.7. The average Bonchev–Trinajstić information content (AvgIpc) is 3.47. The van der Waals surface area contributed by atoms with Crippen LogP contribution in [0.15, 0.2) is 71.4 Å². The predicted octanol–water partition coefficient (Wildman–Crippen LogP) is 5.63. The van der Waals surface area contributed by atoms with Crippen LogP contribution in [0.1, 0.15) is 0 Å². The number of anilines is 3. The number of hydrogen-bond acceptors (Lipinski definition) is 5. The fourth-order valence-electron chi connectivity index (χ4n) is 5.08. The van der Waals surface area contributed by atoms with Crippen molar-refractivity contribution in [2.75, 3.05) is 48.5 Å². The van der Waals surface area contributed by atoms with E-state index in [0.717, 1.165) is 59.8 Å². The smallest absolute Gasteiger partial charge is 0.259 e. The number of morpholine rings is 1. The van der Waals surface area contributed by atoms with Gasteiger partial charge in [-0.1, -0.05) is 35.9 Å². The van der Waals surface area contributed by atoms with Crippen molar-refractivity contribution in [1.82, 2.24) is 9.89 Å². The van der Waals surface area contributed by atoms with Gasteiger partial charge in [-0.2, -0.15) is 4.58 Å². The van der Waals surface area contributed by atoms with Crippen molar-refractivity contribution in [2.45, 2.75) is 6.04 Å². The third-order valence-corrected chi connectivity index (χ3v) is 8.15. The second kappa shape index (κ2) is 10.9. The second-order valence-electron chi connectivity index (χ2n) is 9.38. The number of halogens is 1. The van der Waals surface area contributed by atoms with E-state index < -0.39 is 6.04 Å². The Hall–Kier alpha value is -3.50. The van der Waals surface area contributed by atoms with Crippen LogP contribution in [0.25, 0.3) is 10.8 Å². The molecule has 1 amide bonds. The fourth-order valence-corrected chi connectivity index (χ4v) is 6.12. The first kappa shape index (κ1) is 25.8. The molecule has 4 aromatic rings. The maximum atomic E-state index is 13.6. The van der Waals surface area contributed by atoms with Crippen molar-refractivity contribution < 1.29 is 9.53 Å². The molecular weight excluding hydrogens is 550 g/mol. The summed E-state index contributed by atoms with van der Waals surface area (Å²) in [7, 11) is 1.77. The normalized spacial score (nSPS) is 17.4. The molecule has 1 unspecified atom stereocenters. The number of nitrogens with one attached hydrogen (secondary N) is 2. The molecule has 2 N–H and O–H groups in total. The lowest BCUT2D eigenvalue weighted by molar-refractivity contribution is -0.118. The van der Waals surface area contributed by atoms with Crippen LogP contribution in [0.4, 0.5) is 28.4 Å². The van der Waals surface area contributed by atoms with E-state index in [4.69, 9.17) is 28.6 Å². The SMILES string of the molecule is CN1C(=O)C(NC(=S)Nc2ccc(N3CCOCC3)c3ccccc23)C=[N+](c2ccsc2)c2cc(Cl)ccc21. The standard InChI is InChI=1S/C29H26ClN5O2S2/c1-33-26-8-6-19(30)16-27(26)35(20-10-15-39-18-20)17-24(28(33)36)32-29(38)31-23-7-9-25(34-11-13-37-14-12-34)22-5-3-2-4-21(22)23/h2-10,15-18,24H,11-14H2,1H3,(H-,31,32,38)/p+1. The molecule has 39 heavy (non-hydrogen) atoms. The van der Waals surface area contributed by atoms with E-state index in [1.54, 1.807) is 29.4 Å². The minimum absolute atomic E-state index is 0.132. The zero-order chi connectivity index (χ0) is 26.9. The Morgan fingerprint density at radius 3 is 2.62 bits per heavy atom. The first-order valence-corrected chi connectivity index (χ1v) is 14.4. The Balaban J connectivity index is 1.30. The predicted molar refractivity (Wildman–Crippen MR) is 167 cm³/mol. The van der Waals surface area contributed by atoms with E-state index in [9.17, 15) is 4.79 Å². The number of likely N-dealkylation sites (N-methyl/N-ethyl adjacent to an activating group) is 1. The largest absolute Gasteiger partial charge is 0.378 e. The summed E-state index contributed by atoms with van der Waals surface area (Å²) in [5.74, 6) is -0.132. The fraction of sp³-hybridized carbons (Fsp3) is 0.207. The topological polar surface area (TPSA) is 59.9 Å². The Bertz CT molecular complexity index is 1580. The quantitative estimate of drug-likeness (QED) is 0.243. The van der Waals surface area contributed by atoms with Crippen molar-refractivity contribution >= 4 is 91.6 Å². The Kier molecular flexibility index (Phi) is 7.22. The van der Waals surface area contributed by atoms with E-state index in [1.165, 1.54) is 5.69 Å². The summed E-state index contributed by atoms with van der Waals surface area (Å²) in [6, 6.07) is 19.3. The monoisotopic (exact) mass is 576 g/mol. The highest BCUT2D eigenvalue weighted by Gasteiger charge is 2.35. The van der Waals surface area contributed by atoms with Gasteiger partial charge in [0.1, 0.15) is 5.69 Å². The van der Waals surface area contributed by atoms with Gasteiger partial charge in [0.05, 0.1) is 18.6 Å². The third-order valence-electron chi connectivity index (χ3n) is 7.03. The zero-order valence-electron chi connectivity index (χ0n) is 21.3. The molecule has 0 saturated carbocycles. The van der Waals surface area contributed by atoms with E-state index in [2.05, 4.69) is 33.7 Å². The zero-order valence-corrected chi connectivity index (χ0v) is 23.7. The summed E-state index contributed by atoms with van der Waals surface area (Å²) in [5, 5.41) is 13.8. The van der Waals surface area contributed by atoms with Gasteiger partial charge < -0.3 is 25.2 Å². The van der Waals surface area contributed by atoms with Gasteiger partial charge in [0, 0.05) is 59.4 Å². The van der Waals surface area contributed by atoms with Gasteiger partial charge in [0.25, 0.3) is 5.91 Å². The molecule has 1 fully saturated rings. The van der Waals surface area contributed by atoms with Crippen molar-refractivity contribution in [3.8, 4) is 0 Å². The minimum atomic E-state index is -0.708. The molecule has 2 aliphatic rings. The molecule has 1 saturated heterocycles. The molecule has 0 spiro atoms. The highest BCUT2D eigenvalue weighted by atomic mass is 35.5. The Morgan fingerprint density at radius 2 is 1.85 bits per heavy atom. The van der Waals surface area contributed by atoms with Crippen LogP contribution in [0.5, 0.6) is 0 Å². The summed E-state index contributed by atoms with van der Waals surface area (Å²) in [4.78, 5) is 17.6. The molecule has 3 heterocycles. The van der Waals surface area contributed by atoms with Gasteiger partial charge in [-0.05, 0) is 41.9 Å². The number of ether oxygens (including phenoxy) is 1. The molecule has 0 radical (unpaired) electrons. The molecule has 198 valence electrons. The molecule has 2 aliphatic heterocycles. The maximum absolute atomic E-state index is 13.6. The number of carbonyl (C=O) groups excluding carboxylic acids is 1. The lowest BCUT2D eigenvalue weighted by Gasteiger charge is -2.30. The van der Waals surface area contributed by atoms with Gasteiger partial charge in [0.2, 0.25) is 11.4 Å². The maximum Gasteiger partial charge on any atom is 0.259 e. The van der Waals surface area contributed by atoms with Crippen LogP contribution in [0.3, 0.4) is 0 Å². The van der Waals surface area contributed by atoms with E-state index in [0.29, 0.717) is 10.1 Å². The van der Waals surface area contributed by atoms with Gasteiger partial charge in [-0.15, -0.1) is 11.3 Å². The van der Waals surface area contributed by atoms with Crippen molar-refractivity contribution in [2.24, 2.45) is 0 Å². The van der Waals surface area contributed by atoms with E-state index in [-0.39, 0.29) is 5.91 Å². The molecule has 6 rings (SSSR count). The van der Waals surface area contributed by atoms with Gasteiger partial charge >= 0.3 is 0 Å². The van der Waals surface area contributed by atoms with E-state index >= 15 is 0 Å². The number of rotatable bonds is 4. The highest BCUT2D eigenvalue weighted by molar-refractivity contribution is 7.80. The lowest BCUT2D eigenvalue weighted by Crippen LogP contribution is -2.49. The number of thiophene rings is 1. The molecule has 0 bridgehead atoms. The van der Waals surface area contributed by atoms with Crippen molar-refractivity contribution in [1.29, 1.82) is 0 Å². The summed E-state index contributed by atoms with van der Waals surface area (Å²) in [6.07, 6.45) is 1.86.